The maximum atomic E-state index is 16.8. The van der Waals surface area contributed by atoms with Gasteiger partial charge >= 0.3 is 11.9 Å². The largest absolute Gasteiger partial charge is 0.481 e. The number of carbonyl (C=O) groups excluding carboxylic acids is 2. The molecule has 3 saturated carbocycles. The van der Waals surface area contributed by atoms with E-state index in [-0.39, 0.29) is 31.5 Å². The van der Waals surface area contributed by atoms with Gasteiger partial charge in [0.05, 0.1) is 25.0 Å². The van der Waals surface area contributed by atoms with E-state index >= 15 is 4.39 Å². The number of aliphatic carboxylic acids is 2. The summed E-state index contributed by atoms with van der Waals surface area (Å²) in [5, 5.41) is 57.9. The van der Waals surface area contributed by atoms with Gasteiger partial charge in [-0.1, -0.05) is 18.6 Å². The fourth-order valence-corrected chi connectivity index (χ4v) is 7.06. The highest BCUT2D eigenvalue weighted by Crippen LogP contribution is 2.69. The predicted molar refractivity (Wildman–Crippen MR) is 121 cm³/mol. The number of hydrogen-bond donors (Lipinski definition) is 6. The normalized spacial score (nSPS) is 42.8. The molecule has 8 atom stereocenters. The Morgan fingerprint density at radius 2 is 1.64 bits per heavy atom. The lowest BCUT2D eigenvalue weighted by atomic mass is 9.44. The smallest absolute Gasteiger partial charge is 0.303 e. The van der Waals surface area contributed by atoms with Crippen LogP contribution in [0.15, 0.2) is 23.8 Å². The zero-order valence-corrected chi connectivity index (χ0v) is 20.2. The summed E-state index contributed by atoms with van der Waals surface area (Å²) in [6.45, 7) is 2.33. The Kier molecular flexibility index (Phi) is 7.37. The summed E-state index contributed by atoms with van der Waals surface area (Å²) >= 11 is 0. The maximum Gasteiger partial charge on any atom is 0.303 e. The van der Waals surface area contributed by atoms with Crippen molar-refractivity contribution < 1.29 is 54.2 Å². The van der Waals surface area contributed by atoms with Crippen LogP contribution in [0.3, 0.4) is 0 Å². The van der Waals surface area contributed by atoms with E-state index in [1.807, 2.05) is 0 Å². The standard InChI is InChI=1S/C21H27FO6.C4H6O4/c1-18-6-5-12(24)7-11(18)3-4-13-14-8-15(25)21(28,17(27)10-23)19(14,2)9-16(26)20(13,18)22;5-3(6)1-2-4(7)8/h5-7,13-16,23,25-26,28H,3-4,8-10H2,1-2H3;1-2H2,(H,5,6)(H,7,8)/t13-,14-,15+,16-,18-,19-,20-,21-;/m0./s1. The van der Waals surface area contributed by atoms with Crippen molar-refractivity contribution in [2.24, 2.45) is 22.7 Å². The van der Waals surface area contributed by atoms with Crippen LogP contribution < -0.4 is 0 Å². The highest BCUT2D eigenvalue weighted by molar-refractivity contribution is 6.01. The lowest BCUT2D eigenvalue weighted by Crippen LogP contribution is -2.69. The summed E-state index contributed by atoms with van der Waals surface area (Å²) in [5.74, 6) is -4.53. The average Bonchev–Trinajstić information content (AvgIpc) is 3.00. The number of aliphatic hydroxyl groups is 4. The molecule has 0 aliphatic heterocycles. The second kappa shape index (κ2) is 9.44. The van der Waals surface area contributed by atoms with Crippen molar-refractivity contribution in [1.82, 2.24) is 0 Å². The molecule has 11 heteroatoms. The van der Waals surface area contributed by atoms with Crippen molar-refractivity contribution in [3.63, 3.8) is 0 Å². The van der Waals surface area contributed by atoms with Crippen LogP contribution >= 0.6 is 0 Å². The Balaban J connectivity index is 0.000000392. The Bertz CT molecular complexity index is 1010. The Morgan fingerprint density at radius 1 is 1.06 bits per heavy atom. The van der Waals surface area contributed by atoms with Crippen molar-refractivity contribution in [2.75, 3.05) is 6.61 Å². The first-order valence-electron chi connectivity index (χ1n) is 11.9. The molecule has 3 fully saturated rings. The first-order chi connectivity index (χ1) is 16.6. The highest BCUT2D eigenvalue weighted by atomic mass is 19.1. The van der Waals surface area contributed by atoms with E-state index in [2.05, 4.69) is 0 Å². The van der Waals surface area contributed by atoms with Gasteiger partial charge in [-0.3, -0.25) is 19.2 Å². The van der Waals surface area contributed by atoms with Crippen LogP contribution in [0.2, 0.25) is 0 Å². The first kappa shape index (κ1) is 28.1. The Morgan fingerprint density at radius 3 is 2.17 bits per heavy atom. The molecular formula is C25H33FO10. The second-order valence-electron chi connectivity index (χ2n) is 10.7. The van der Waals surface area contributed by atoms with Gasteiger partial charge in [-0.15, -0.1) is 0 Å². The molecule has 0 aromatic heterocycles. The second-order valence-corrected chi connectivity index (χ2v) is 10.7. The lowest BCUT2D eigenvalue weighted by molar-refractivity contribution is -0.222. The molecule has 0 amide bonds. The predicted octanol–water partition coefficient (Wildman–Crippen LogP) is 0.556. The van der Waals surface area contributed by atoms with Crippen LogP contribution in [0.4, 0.5) is 4.39 Å². The van der Waals surface area contributed by atoms with Crippen LogP contribution in [-0.2, 0) is 19.2 Å². The molecule has 36 heavy (non-hydrogen) atoms. The molecule has 0 aromatic rings. The summed E-state index contributed by atoms with van der Waals surface area (Å²) in [5.41, 5.74) is -6.12. The van der Waals surface area contributed by atoms with E-state index in [9.17, 15) is 39.6 Å². The van der Waals surface area contributed by atoms with Gasteiger partial charge in [0.1, 0.15) is 6.61 Å². The molecule has 10 nitrogen and oxygen atoms in total. The summed E-state index contributed by atoms with van der Waals surface area (Å²) in [6.07, 6.45) is 1.34. The third-order valence-corrected chi connectivity index (χ3v) is 8.98. The highest BCUT2D eigenvalue weighted by Gasteiger charge is 2.76. The molecule has 4 rings (SSSR count). The fourth-order valence-electron chi connectivity index (χ4n) is 7.06. The molecule has 0 bridgehead atoms. The number of hydrogen-bond acceptors (Lipinski definition) is 8. The van der Waals surface area contributed by atoms with Gasteiger partial charge in [0.15, 0.2) is 22.8 Å². The zero-order chi connectivity index (χ0) is 27.3. The van der Waals surface area contributed by atoms with Gasteiger partial charge in [-0.25, -0.2) is 4.39 Å². The topological polar surface area (TPSA) is 190 Å². The summed E-state index contributed by atoms with van der Waals surface area (Å²) < 4.78 is 16.8. The molecule has 6 N–H and O–H groups in total. The van der Waals surface area contributed by atoms with Gasteiger partial charge in [0.2, 0.25) is 0 Å². The van der Waals surface area contributed by atoms with E-state index in [4.69, 9.17) is 10.2 Å². The van der Waals surface area contributed by atoms with Crippen LogP contribution in [-0.4, -0.2) is 84.2 Å². The third-order valence-electron chi connectivity index (χ3n) is 8.98. The average molecular weight is 513 g/mol. The van der Waals surface area contributed by atoms with Crippen molar-refractivity contribution in [3.05, 3.63) is 23.8 Å². The first-order valence-corrected chi connectivity index (χ1v) is 11.9. The number of ketones is 2. The number of rotatable bonds is 5. The van der Waals surface area contributed by atoms with E-state index in [1.54, 1.807) is 13.8 Å². The molecule has 0 aromatic carbocycles. The van der Waals surface area contributed by atoms with Crippen molar-refractivity contribution >= 4 is 23.5 Å². The van der Waals surface area contributed by atoms with Gasteiger partial charge in [0, 0.05) is 16.7 Å². The zero-order valence-electron chi connectivity index (χ0n) is 20.2. The van der Waals surface area contributed by atoms with Gasteiger partial charge in [-0.05, 0) is 50.7 Å². The number of fused-ring (bicyclic) bond motifs is 5. The monoisotopic (exact) mass is 512 g/mol. The summed E-state index contributed by atoms with van der Waals surface area (Å²) in [6, 6.07) is 0. The van der Waals surface area contributed by atoms with Gasteiger partial charge in [-0.2, -0.15) is 0 Å². The maximum absolute atomic E-state index is 16.8. The number of allylic oxidation sites excluding steroid dienone is 4. The molecule has 4 aliphatic rings. The quantitative estimate of drug-likeness (QED) is 0.303. The van der Waals surface area contributed by atoms with Crippen molar-refractivity contribution in [1.29, 1.82) is 0 Å². The number of aliphatic hydroxyl groups excluding tert-OH is 3. The van der Waals surface area contributed by atoms with Crippen LogP contribution in [0.25, 0.3) is 0 Å². The number of carbonyl (C=O) groups is 4. The van der Waals surface area contributed by atoms with Gasteiger partial charge < -0.3 is 30.6 Å². The lowest BCUT2D eigenvalue weighted by Gasteiger charge is -2.62. The summed E-state index contributed by atoms with van der Waals surface area (Å²) in [4.78, 5) is 43.5. The van der Waals surface area contributed by atoms with E-state index in [0.29, 0.717) is 18.4 Å². The van der Waals surface area contributed by atoms with Crippen LogP contribution in [0, 0.1) is 22.7 Å². The molecule has 0 radical (unpaired) electrons. The van der Waals surface area contributed by atoms with E-state index < -0.39 is 70.5 Å². The minimum absolute atomic E-state index is 0.0135. The number of halogens is 1. The molecule has 0 heterocycles. The minimum atomic E-state index is -2.23. The molecular weight excluding hydrogens is 479 g/mol. The van der Waals surface area contributed by atoms with Gasteiger partial charge in [0.25, 0.3) is 0 Å². The molecule has 0 unspecified atom stereocenters. The van der Waals surface area contributed by atoms with Crippen LogP contribution in [0.5, 0.6) is 0 Å². The third kappa shape index (κ3) is 3.93. The van der Waals surface area contributed by atoms with Crippen molar-refractivity contribution in [2.45, 2.75) is 75.9 Å². The molecule has 4 aliphatic carbocycles. The molecule has 0 saturated heterocycles. The number of alkyl halides is 1. The van der Waals surface area contributed by atoms with E-state index in [0.717, 1.165) is 0 Å². The Labute approximate surface area is 207 Å². The molecule has 200 valence electrons. The summed E-state index contributed by atoms with van der Waals surface area (Å²) in [7, 11) is 0. The minimum Gasteiger partial charge on any atom is -0.481 e. The van der Waals surface area contributed by atoms with Crippen molar-refractivity contribution in [3.8, 4) is 0 Å². The van der Waals surface area contributed by atoms with E-state index in [1.165, 1.54) is 18.2 Å². The number of carboxylic acid groups (broad SMARTS) is 2. The Hall–Kier alpha value is -2.47. The molecule has 0 spiro atoms. The SMILES string of the molecule is C[C@]12C=CC(=O)C=C1CC[C@H]1[C@@H]3C[C@@H](O)[C@](O)(C(=O)CO)[C@@]3(C)C[C@H](O)[C@@]12F.O=C(O)CCC(=O)O. The van der Waals surface area contributed by atoms with Crippen LogP contribution in [0.1, 0.15) is 52.4 Å². The number of carboxylic acids is 2. The number of Topliss-reactive ketones (excluding diaryl/α,β-unsaturated/α-hetero) is 1. The fraction of sp³-hybridized carbons (Fsp3) is 0.680.